The van der Waals surface area contributed by atoms with Gasteiger partial charge in [-0.05, 0) is 101 Å². The van der Waals surface area contributed by atoms with Crippen molar-refractivity contribution >= 4 is 17.5 Å². The van der Waals surface area contributed by atoms with Crippen LogP contribution in [0.3, 0.4) is 0 Å². The van der Waals surface area contributed by atoms with Gasteiger partial charge in [0.25, 0.3) is 0 Å². The van der Waals surface area contributed by atoms with Crippen LogP contribution in [0.25, 0.3) is 0 Å². The van der Waals surface area contributed by atoms with Gasteiger partial charge in [-0.3, -0.25) is 9.63 Å². The van der Waals surface area contributed by atoms with Crippen molar-refractivity contribution in [3.05, 3.63) is 0 Å². The lowest BCUT2D eigenvalue weighted by atomic mass is 9.77. The first-order valence-electron chi connectivity index (χ1n) is 16.8. The van der Waals surface area contributed by atoms with E-state index < -0.39 is 24.2 Å². The number of carbonyl (C=O) groups is 1. The molecule has 0 spiro atoms. The van der Waals surface area contributed by atoms with Gasteiger partial charge in [0, 0.05) is 30.4 Å². The van der Waals surface area contributed by atoms with Crippen LogP contribution < -0.4 is 10.6 Å². The number of carbonyl (C=O) groups excluding carboxylic acids is 1. The molecule has 0 aromatic carbocycles. The number of aliphatic hydroxyl groups excluding tert-OH is 2. The van der Waals surface area contributed by atoms with E-state index in [4.69, 9.17) is 16.4 Å². The second-order valence-electron chi connectivity index (χ2n) is 14.1. The van der Waals surface area contributed by atoms with E-state index in [0.29, 0.717) is 36.3 Å². The summed E-state index contributed by atoms with van der Waals surface area (Å²) in [6.07, 6.45) is 17.4. The van der Waals surface area contributed by atoms with Crippen LogP contribution in [0.5, 0.6) is 0 Å². The van der Waals surface area contributed by atoms with Crippen molar-refractivity contribution in [2.75, 3.05) is 26.2 Å². The van der Waals surface area contributed by atoms with Crippen LogP contribution >= 0.6 is 11.6 Å². The van der Waals surface area contributed by atoms with E-state index in [0.717, 1.165) is 43.6 Å². The molecule has 230 valence electrons. The Bertz CT molecular complexity index is 786. The molecule has 3 saturated carbocycles. The molecule has 0 aromatic heterocycles. The second kappa shape index (κ2) is 14.8. The van der Waals surface area contributed by atoms with Gasteiger partial charge in [-0.25, -0.2) is 0 Å². The van der Waals surface area contributed by atoms with Crippen LogP contribution in [-0.2, 0) is 9.63 Å². The lowest BCUT2D eigenvalue weighted by Gasteiger charge is -2.33. The van der Waals surface area contributed by atoms with Crippen LogP contribution in [0.15, 0.2) is 0 Å². The Morgan fingerprint density at radius 1 is 0.975 bits per heavy atom. The average Bonchev–Trinajstić information content (AvgIpc) is 3.55. The van der Waals surface area contributed by atoms with Gasteiger partial charge < -0.3 is 20.8 Å². The minimum atomic E-state index is -0.741. The highest BCUT2D eigenvalue weighted by atomic mass is 35.5. The number of hydrogen-bond acceptors (Lipinski definition) is 6. The zero-order valence-corrected chi connectivity index (χ0v) is 25.6. The molecule has 2 aliphatic heterocycles. The van der Waals surface area contributed by atoms with Crippen molar-refractivity contribution in [2.45, 2.75) is 133 Å². The summed E-state index contributed by atoms with van der Waals surface area (Å²) in [4.78, 5) is 19.8. The lowest BCUT2D eigenvalue weighted by Crippen LogP contribution is -2.49. The highest BCUT2D eigenvalue weighted by molar-refractivity contribution is 6.20. The van der Waals surface area contributed by atoms with Crippen LogP contribution in [-0.4, -0.2) is 77.1 Å². The van der Waals surface area contributed by atoms with E-state index >= 15 is 0 Å². The minimum absolute atomic E-state index is 0.0614. The Labute approximate surface area is 247 Å². The molecule has 4 N–H and O–H groups in total. The molecule has 2 saturated heterocycles. The second-order valence-corrected chi connectivity index (χ2v) is 14.7. The monoisotopic (exact) mass is 581 g/mol. The molecular weight excluding hydrogens is 526 g/mol. The molecule has 5 fully saturated rings. The first kappa shape index (κ1) is 31.0. The zero-order chi connectivity index (χ0) is 28.1. The first-order chi connectivity index (χ1) is 19.4. The molecule has 5 aliphatic rings. The molecule has 2 heterocycles. The van der Waals surface area contributed by atoms with E-state index in [1.807, 2.05) is 5.06 Å². The van der Waals surface area contributed by atoms with Crippen molar-refractivity contribution in [3.63, 3.8) is 0 Å². The van der Waals surface area contributed by atoms with Gasteiger partial charge in [-0.1, -0.05) is 38.5 Å². The van der Waals surface area contributed by atoms with Gasteiger partial charge in [0.1, 0.15) is 12.1 Å². The summed E-state index contributed by atoms with van der Waals surface area (Å²) in [5.41, 5.74) is 0. The topological polar surface area (TPSA) is 94.1 Å². The number of nitrogens with zero attached hydrogens (tertiary/aromatic N) is 1. The van der Waals surface area contributed by atoms with Crippen LogP contribution in [0.2, 0.25) is 0 Å². The molecule has 3 aliphatic carbocycles. The summed E-state index contributed by atoms with van der Waals surface area (Å²) in [6.45, 7) is 3.95. The van der Waals surface area contributed by atoms with Crippen LogP contribution in [0.4, 0.5) is 0 Å². The van der Waals surface area contributed by atoms with Crippen molar-refractivity contribution in [1.82, 2.24) is 15.7 Å². The molecule has 4 unspecified atom stereocenters. The van der Waals surface area contributed by atoms with Crippen molar-refractivity contribution in [3.8, 4) is 0 Å². The number of nitrogens with one attached hydrogen (secondary N) is 2. The molecule has 7 nitrogen and oxygen atoms in total. The predicted molar refractivity (Wildman–Crippen MR) is 159 cm³/mol. The summed E-state index contributed by atoms with van der Waals surface area (Å²) < 4.78 is 0. The predicted octanol–water partition coefficient (Wildman–Crippen LogP) is 4.63. The molecule has 40 heavy (non-hydrogen) atoms. The maximum absolute atomic E-state index is 13.5. The number of halogens is 1. The van der Waals surface area contributed by atoms with Crippen molar-refractivity contribution in [1.29, 1.82) is 0 Å². The van der Waals surface area contributed by atoms with Gasteiger partial charge in [0.15, 0.2) is 0 Å². The minimum Gasteiger partial charge on any atom is -0.396 e. The molecule has 8 heteroatoms. The summed E-state index contributed by atoms with van der Waals surface area (Å²) in [5, 5.41) is 29.8. The number of fused-ring (bicyclic) bond motifs is 1. The van der Waals surface area contributed by atoms with Crippen LogP contribution in [0, 0.1) is 35.5 Å². The smallest absolute Gasteiger partial charge is 0.240 e. The standard InChI is InChI=1S/C32H56ClN3O4/c1-21(38)31-28(20-37)30(32(39)34-17-16-25-18-35-29-5-3-2-4-27(25)29)36(40-31)19-24-10-8-22(9-11-24)6-7-23-12-14-26(33)15-13-23/h21-31,35,37-38H,2-20H2,1H3,(H,34,39)/t21-,22?,23?,24?,25?,26?,27?,28-,29?,30?,31-/m1/s1. The van der Waals surface area contributed by atoms with Gasteiger partial charge in [-0.2, -0.15) is 5.06 Å². The molecule has 1 amide bonds. The van der Waals surface area contributed by atoms with E-state index in [1.165, 1.54) is 77.0 Å². The van der Waals surface area contributed by atoms with Crippen molar-refractivity contribution in [2.24, 2.45) is 35.5 Å². The third-order valence-electron chi connectivity index (χ3n) is 11.4. The quantitative estimate of drug-likeness (QED) is 0.266. The third kappa shape index (κ3) is 7.74. The van der Waals surface area contributed by atoms with E-state index in [9.17, 15) is 15.0 Å². The number of alkyl halides is 1. The summed E-state index contributed by atoms with van der Waals surface area (Å²) in [5.74, 6) is 3.06. The Hall–Kier alpha value is -0.440. The Morgan fingerprint density at radius 3 is 2.30 bits per heavy atom. The zero-order valence-electron chi connectivity index (χ0n) is 24.8. The Balaban J connectivity index is 1.09. The number of aliphatic hydroxyl groups is 2. The molecule has 5 rings (SSSR count). The number of hydroxylamine groups is 2. The van der Waals surface area contributed by atoms with Gasteiger partial charge in [-0.15, -0.1) is 11.6 Å². The van der Waals surface area contributed by atoms with Gasteiger partial charge >= 0.3 is 0 Å². The SMILES string of the molecule is C[C@@H](O)[C@H]1ON(CC2CCC(CCC3CCC(Cl)CC3)CC2)C(C(=O)NCCC2CNC3CCCCC23)[C@H]1CO. The van der Waals surface area contributed by atoms with E-state index in [1.54, 1.807) is 6.92 Å². The fraction of sp³-hybridized carbons (Fsp3) is 0.969. The first-order valence-corrected chi connectivity index (χ1v) is 17.2. The third-order valence-corrected chi connectivity index (χ3v) is 11.8. The maximum atomic E-state index is 13.5. The molecule has 0 radical (unpaired) electrons. The Morgan fingerprint density at radius 2 is 1.62 bits per heavy atom. The van der Waals surface area contributed by atoms with Gasteiger partial charge in [0.2, 0.25) is 5.91 Å². The highest BCUT2D eigenvalue weighted by Gasteiger charge is 2.49. The summed E-state index contributed by atoms with van der Waals surface area (Å²) in [7, 11) is 0. The number of hydrogen-bond donors (Lipinski definition) is 4. The molecule has 0 aromatic rings. The molecule has 7 atom stereocenters. The fourth-order valence-electron chi connectivity index (χ4n) is 8.90. The normalized spacial score (nSPS) is 41.5. The number of amides is 1. The van der Waals surface area contributed by atoms with Crippen LogP contribution in [0.1, 0.15) is 103 Å². The lowest BCUT2D eigenvalue weighted by molar-refractivity contribution is -0.193. The largest absolute Gasteiger partial charge is 0.396 e. The Kier molecular flexibility index (Phi) is 11.5. The maximum Gasteiger partial charge on any atom is 0.240 e. The van der Waals surface area contributed by atoms with E-state index in [-0.39, 0.29) is 12.5 Å². The van der Waals surface area contributed by atoms with Gasteiger partial charge in [0.05, 0.1) is 12.7 Å². The molecular formula is C32H56ClN3O4. The van der Waals surface area contributed by atoms with E-state index in [2.05, 4.69) is 10.6 Å². The number of rotatable bonds is 11. The molecule has 0 bridgehead atoms. The fourth-order valence-corrected chi connectivity index (χ4v) is 9.15. The highest BCUT2D eigenvalue weighted by Crippen LogP contribution is 2.39. The van der Waals surface area contributed by atoms with Crippen molar-refractivity contribution < 1.29 is 19.8 Å². The summed E-state index contributed by atoms with van der Waals surface area (Å²) in [6, 6.07) is 0.114. The average molecular weight is 582 g/mol. The summed E-state index contributed by atoms with van der Waals surface area (Å²) >= 11 is 6.30.